The Balaban J connectivity index is 1.71. The Bertz CT molecular complexity index is 974. The van der Waals surface area contributed by atoms with Crippen LogP contribution >= 0.6 is 22.9 Å². The molecular weight excluding hydrogens is 387 g/mol. The number of hydrogen-bond acceptors (Lipinski definition) is 4. The van der Waals surface area contributed by atoms with Crippen LogP contribution in [0.15, 0.2) is 60.5 Å². The van der Waals surface area contributed by atoms with Crippen molar-refractivity contribution in [1.29, 1.82) is 0 Å². The SMILES string of the molecule is C=CCNC(=O)c1csc(-c2ccc(OCc3ccccc3F)cc2Cl)n1. The van der Waals surface area contributed by atoms with Gasteiger partial charge in [0.05, 0.1) is 5.02 Å². The van der Waals surface area contributed by atoms with E-state index in [1.807, 2.05) is 0 Å². The number of benzene rings is 2. The number of amides is 1. The first-order valence-electron chi connectivity index (χ1n) is 8.09. The van der Waals surface area contributed by atoms with Gasteiger partial charge in [0.25, 0.3) is 5.91 Å². The van der Waals surface area contributed by atoms with Gasteiger partial charge in [0.1, 0.15) is 28.9 Å². The molecule has 1 N–H and O–H groups in total. The number of ether oxygens (including phenoxy) is 1. The average molecular weight is 403 g/mol. The molecule has 0 aliphatic carbocycles. The molecule has 1 aromatic heterocycles. The van der Waals surface area contributed by atoms with E-state index in [2.05, 4.69) is 16.9 Å². The molecule has 0 radical (unpaired) electrons. The van der Waals surface area contributed by atoms with Crippen molar-refractivity contribution in [2.24, 2.45) is 0 Å². The van der Waals surface area contributed by atoms with E-state index in [0.717, 1.165) is 0 Å². The summed E-state index contributed by atoms with van der Waals surface area (Å²) in [5.41, 5.74) is 1.49. The highest BCUT2D eigenvalue weighted by Crippen LogP contribution is 2.33. The van der Waals surface area contributed by atoms with Crippen molar-refractivity contribution in [2.75, 3.05) is 6.54 Å². The third-order valence-electron chi connectivity index (χ3n) is 3.67. The normalized spacial score (nSPS) is 10.4. The number of halogens is 2. The van der Waals surface area contributed by atoms with Crippen LogP contribution < -0.4 is 10.1 Å². The van der Waals surface area contributed by atoms with Crippen LogP contribution in [-0.4, -0.2) is 17.4 Å². The molecule has 1 heterocycles. The van der Waals surface area contributed by atoms with E-state index in [-0.39, 0.29) is 18.3 Å². The van der Waals surface area contributed by atoms with Gasteiger partial charge < -0.3 is 10.1 Å². The smallest absolute Gasteiger partial charge is 0.271 e. The zero-order chi connectivity index (χ0) is 19.2. The molecule has 1 amide bonds. The molecule has 0 spiro atoms. The summed E-state index contributed by atoms with van der Waals surface area (Å²) < 4.78 is 19.3. The topological polar surface area (TPSA) is 51.2 Å². The Morgan fingerprint density at radius 2 is 2.15 bits per heavy atom. The summed E-state index contributed by atoms with van der Waals surface area (Å²) in [6.45, 7) is 4.04. The number of carbonyl (C=O) groups is 1. The maximum Gasteiger partial charge on any atom is 0.271 e. The maximum atomic E-state index is 13.7. The predicted octanol–water partition coefficient (Wildman–Crippen LogP) is 5.10. The Hall–Kier alpha value is -2.70. The van der Waals surface area contributed by atoms with E-state index in [9.17, 15) is 9.18 Å². The van der Waals surface area contributed by atoms with Crippen molar-refractivity contribution < 1.29 is 13.9 Å². The van der Waals surface area contributed by atoms with Crippen LogP contribution in [0.3, 0.4) is 0 Å². The molecule has 3 aromatic rings. The minimum absolute atomic E-state index is 0.104. The molecule has 0 atom stereocenters. The van der Waals surface area contributed by atoms with Gasteiger partial charge in [-0.05, 0) is 24.3 Å². The molecule has 0 saturated heterocycles. The van der Waals surface area contributed by atoms with Crippen LogP contribution in [0, 0.1) is 5.82 Å². The minimum Gasteiger partial charge on any atom is -0.489 e. The first kappa shape index (κ1) is 19.1. The van der Waals surface area contributed by atoms with E-state index >= 15 is 0 Å². The largest absolute Gasteiger partial charge is 0.489 e. The average Bonchev–Trinajstić information content (AvgIpc) is 3.15. The van der Waals surface area contributed by atoms with Crippen LogP contribution in [-0.2, 0) is 6.61 Å². The summed E-state index contributed by atoms with van der Waals surface area (Å²) in [7, 11) is 0. The van der Waals surface area contributed by atoms with Gasteiger partial charge in [0, 0.05) is 23.1 Å². The number of rotatable bonds is 7. The van der Waals surface area contributed by atoms with Gasteiger partial charge >= 0.3 is 0 Å². The van der Waals surface area contributed by atoms with Crippen molar-refractivity contribution in [3.05, 3.63) is 82.6 Å². The fourth-order valence-corrected chi connectivity index (χ4v) is 3.45. The number of hydrogen-bond donors (Lipinski definition) is 1. The summed E-state index contributed by atoms with van der Waals surface area (Å²) in [6.07, 6.45) is 1.60. The zero-order valence-corrected chi connectivity index (χ0v) is 15.8. The Morgan fingerprint density at radius 1 is 1.33 bits per heavy atom. The monoisotopic (exact) mass is 402 g/mol. The number of nitrogens with zero attached hydrogens (tertiary/aromatic N) is 1. The molecule has 27 heavy (non-hydrogen) atoms. The van der Waals surface area contributed by atoms with Crippen LogP contribution in [0.5, 0.6) is 5.75 Å². The molecular formula is C20H16ClFN2O2S. The summed E-state index contributed by atoms with van der Waals surface area (Å²) >= 11 is 7.67. The summed E-state index contributed by atoms with van der Waals surface area (Å²) in [5.74, 6) is -0.0591. The second-order valence-electron chi connectivity index (χ2n) is 5.56. The Morgan fingerprint density at radius 3 is 2.89 bits per heavy atom. The first-order valence-corrected chi connectivity index (χ1v) is 9.35. The van der Waals surface area contributed by atoms with E-state index < -0.39 is 0 Å². The van der Waals surface area contributed by atoms with Crippen molar-refractivity contribution in [1.82, 2.24) is 10.3 Å². The molecule has 138 valence electrons. The third-order valence-corrected chi connectivity index (χ3v) is 4.86. The summed E-state index contributed by atoms with van der Waals surface area (Å²) in [6, 6.07) is 11.6. The van der Waals surface area contributed by atoms with Gasteiger partial charge in [-0.25, -0.2) is 9.37 Å². The van der Waals surface area contributed by atoms with Crippen LogP contribution in [0.1, 0.15) is 16.1 Å². The zero-order valence-electron chi connectivity index (χ0n) is 14.2. The van der Waals surface area contributed by atoms with E-state index in [1.165, 1.54) is 17.4 Å². The van der Waals surface area contributed by atoms with Crippen molar-refractivity contribution in [2.45, 2.75) is 6.61 Å². The van der Waals surface area contributed by atoms with E-state index in [4.69, 9.17) is 16.3 Å². The van der Waals surface area contributed by atoms with Crippen LogP contribution in [0.25, 0.3) is 10.6 Å². The van der Waals surface area contributed by atoms with Gasteiger partial charge in [-0.3, -0.25) is 4.79 Å². The highest BCUT2D eigenvalue weighted by molar-refractivity contribution is 7.13. The number of nitrogens with one attached hydrogen (secondary N) is 1. The Labute approximate surface area is 165 Å². The van der Waals surface area contributed by atoms with Crippen molar-refractivity contribution in [3.8, 4) is 16.3 Å². The number of carbonyl (C=O) groups excluding carboxylic acids is 1. The standard InChI is InChI=1S/C20H16ClFN2O2S/c1-2-9-23-19(25)18-12-27-20(24-18)15-8-7-14(10-16(15)21)26-11-13-5-3-4-6-17(13)22/h2-8,10,12H,1,9,11H2,(H,23,25). The summed E-state index contributed by atoms with van der Waals surface area (Å²) in [4.78, 5) is 16.3. The van der Waals surface area contributed by atoms with Crippen molar-refractivity contribution >= 4 is 28.8 Å². The second-order valence-corrected chi connectivity index (χ2v) is 6.82. The summed E-state index contributed by atoms with van der Waals surface area (Å²) in [5, 5.41) is 5.42. The number of aromatic nitrogens is 1. The highest BCUT2D eigenvalue weighted by atomic mass is 35.5. The molecule has 0 bridgehead atoms. The Kier molecular flexibility index (Phi) is 6.21. The molecule has 3 rings (SSSR count). The lowest BCUT2D eigenvalue weighted by Gasteiger charge is -2.09. The van der Waals surface area contributed by atoms with Gasteiger partial charge in [-0.2, -0.15) is 0 Å². The molecule has 0 unspecified atom stereocenters. The molecule has 0 fully saturated rings. The van der Waals surface area contributed by atoms with Gasteiger partial charge in [-0.15, -0.1) is 17.9 Å². The fraction of sp³-hybridized carbons (Fsp3) is 0.100. The van der Waals surface area contributed by atoms with E-state index in [0.29, 0.717) is 39.1 Å². The lowest BCUT2D eigenvalue weighted by molar-refractivity contribution is 0.0954. The molecule has 0 aliphatic rings. The minimum atomic E-state index is -0.315. The predicted molar refractivity (Wildman–Crippen MR) is 106 cm³/mol. The number of thiazole rings is 1. The van der Waals surface area contributed by atoms with Crippen LogP contribution in [0.2, 0.25) is 5.02 Å². The molecule has 4 nitrogen and oxygen atoms in total. The molecule has 2 aromatic carbocycles. The van der Waals surface area contributed by atoms with E-state index in [1.54, 1.807) is 47.9 Å². The van der Waals surface area contributed by atoms with Crippen molar-refractivity contribution in [3.63, 3.8) is 0 Å². The van der Waals surface area contributed by atoms with Gasteiger partial charge in [0.15, 0.2) is 0 Å². The lowest BCUT2D eigenvalue weighted by atomic mass is 10.2. The quantitative estimate of drug-likeness (QED) is 0.559. The molecule has 0 saturated carbocycles. The third kappa shape index (κ3) is 4.72. The highest BCUT2D eigenvalue weighted by Gasteiger charge is 2.14. The second kappa shape index (κ2) is 8.79. The fourth-order valence-electron chi connectivity index (χ4n) is 2.29. The molecule has 7 heteroatoms. The first-order chi connectivity index (χ1) is 13.1. The maximum absolute atomic E-state index is 13.7. The lowest BCUT2D eigenvalue weighted by Crippen LogP contribution is -2.23. The molecule has 0 aliphatic heterocycles. The van der Waals surface area contributed by atoms with Crippen LogP contribution in [0.4, 0.5) is 4.39 Å². The van der Waals surface area contributed by atoms with Gasteiger partial charge in [0.2, 0.25) is 0 Å². The van der Waals surface area contributed by atoms with Gasteiger partial charge in [-0.1, -0.05) is 35.9 Å².